The number of aromatic nitrogens is 3. The van der Waals surface area contributed by atoms with Crippen LogP contribution >= 0.6 is 0 Å². The zero-order valence-electron chi connectivity index (χ0n) is 31.8. The third-order valence-electron chi connectivity index (χ3n) is 9.49. The minimum Gasteiger partial charge on any atom is -0.474 e. The summed E-state index contributed by atoms with van der Waals surface area (Å²) >= 11 is 0. The zero-order valence-corrected chi connectivity index (χ0v) is 31.8. The summed E-state index contributed by atoms with van der Waals surface area (Å²) in [5, 5.41) is 22.1. The monoisotopic (exact) mass is 723 g/mol. The number of carbonyl (C=O) groups excluding carboxylic acids is 3. The van der Waals surface area contributed by atoms with Gasteiger partial charge in [0, 0.05) is 35.7 Å². The Morgan fingerprint density at radius 2 is 1.68 bits per heavy atom. The standard InChI is InChI=1S/C41H53N7O5/c1-25(2)37(47-38(50)32-18-17-29-15-11-12-16-31(29)45-32)39(51)46-33(22-28-13-9-8-10-14-28)35(49)24-48(41(5,6)7)40(52)34-23-30(19-20-42-34)53-36-21-26(3)43-27(4)44-36/h8-18,21,25,30,33-35,37,42,49H,19-20,22-24H2,1-7H3,(H,46,51)(H,47,50)/t30-,33+,34?,35-,37+/m1/s1. The molecule has 3 heterocycles. The lowest BCUT2D eigenvalue weighted by molar-refractivity contribution is -0.142. The van der Waals surface area contributed by atoms with Gasteiger partial charge >= 0.3 is 0 Å². The Labute approximate surface area is 312 Å². The van der Waals surface area contributed by atoms with E-state index >= 15 is 0 Å². The Kier molecular flexibility index (Phi) is 12.8. The maximum atomic E-state index is 14.3. The normalized spacial score (nSPS) is 17.8. The number of hydrogen-bond acceptors (Lipinski definition) is 9. The van der Waals surface area contributed by atoms with Gasteiger partial charge in [-0.25, -0.2) is 9.97 Å². The predicted octanol–water partition coefficient (Wildman–Crippen LogP) is 4.31. The van der Waals surface area contributed by atoms with Crippen LogP contribution in [0.1, 0.15) is 75.0 Å². The van der Waals surface area contributed by atoms with Crippen LogP contribution in [-0.2, 0) is 16.0 Å². The number of aliphatic hydroxyl groups is 1. The van der Waals surface area contributed by atoms with E-state index in [1.807, 2.05) is 109 Å². The van der Waals surface area contributed by atoms with E-state index in [-0.39, 0.29) is 30.2 Å². The van der Waals surface area contributed by atoms with Crippen molar-refractivity contribution in [3.63, 3.8) is 0 Å². The molecule has 3 amide bonds. The number of pyridine rings is 1. The number of amides is 3. The van der Waals surface area contributed by atoms with Crippen LogP contribution in [0.2, 0.25) is 0 Å². The van der Waals surface area contributed by atoms with Crippen LogP contribution in [0.15, 0.2) is 72.8 Å². The molecule has 0 aliphatic carbocycles. The van der Waals surface area contributed by atoms with Gasteiger partial charge in [-0.3, -0.25) is 14.4 Å². The molecule has 4 aromatic rings. The van der Waals surface area contributed by atoms with Gasteiger partial charge in [-0.2, -0.15) is 4.98 Å². The minimum absolute atomic E-state index is 0.0339. The number of para-hydroxylation sites is 1. The molecule has 2 aromatic heterocycles. The number of benzene rings is 2. The quantitative estimate of drug-likeness (QED) is 0.158. The third kappa shape index (κ3) is 10.6. The second kappa shape index (κ2) is 17.3. The van der Waals surface area contributed by atoms with Crippen LogP contribution in [-0.4, -0.2) is 91.6 Å². The number of β-amino-alcohol motifs (C(OH)–C–C–N with tert-alkyl or cyclic N) is 1. The molecule has 1 saturated heterocycles. The van der Waals surface area contributed by atoms with Crippen molar-refractivity contribution in [1.29, 1.82) is 0 Å². The highest BCUT2D eigenvalue weighted by atomic mass is 16.5. The van der Waals surface area contributed by atoms with Crippen molar-refractivity contribution >= 4 is 28.6 Å². The summed E-state index contributed by atoms with van der Waals surface area (Å²) in [4.78, 5) is 56.5. The SMILES string of the molecule is Cc1cc(O[C@@H]2CCNC(C(=O)N(C[C@@H](O)[C@H](Cc3ccccc3)NC(=O)[C@@H](NC(=O)c3ccc4ccccc4n3)C(C)C)C(C)(C)C)C2)nc(C)n1. The number of aryl methyl sites for hydroxylation is 2. The Morgan fingerprint density at radius 3 is 2.38 bits per heavy atom. The number of nitrogens with zero attached hydrogens (tertiary/aromatic N) is 4. The maximum absolute atomic E-state index is 14.3. The first-order valence-corrected chi connectivity index (χ1v) is 18.4. The van der Waals surface area contributed by atoms with Crippen LogP contribution in [0.3, 0.4) is 0 Å². The summed E-state index contributed by atoms with van der Waals surface area (Å²) in [6.45, 7) is 13.7. The molecular formula is C41H53N7O5. The average Bonchev–Trinajstić information content (AvgIpc) is 3.11. The molecule has 1 unspecified atom stereocenters. The Hall–Kier alpha value is -4.94. The molecule has 1 fully saturated rings. The number of rotatable bonds is 13. The van der Waals surface area contributed by atoms with E-state index < -0.39 is 41.6 Å². The predicted molar refractivity (Wildman–Crippen MR) is 204 cm³/mol. The summed E-state index contributed by atoms with van der Waals surface area (Å²) in [5.41, 5.74) is 1.94. The van der Waals surface area contributed by atoms with Gasteiger partial charge in [-0.15, -0.1) is 0 Å². The summed E-state index contributed by atoms with van der Waals surface area (Å²) < 4.78 is 6.22. The summed E-state index contributed by atoms with van der Waals surface area (Å²) in [5.74, 6) is -0.242. The number of aliphatic hydroxyl groups excluding tert-OH is 1. The smallest absolute Gasteiger partial charge is 0.270 e. The van der Waals surface area contributed by atoms with E-state index in [1.54, 1.807) is 17.0 Å². The van der Waals surface area contributed by atoms with E-state index in [2.05, 4.69) is 30.9 Å². The Morgan fingerprint density at radius 1 is 0.962 bits per heavy atom. The van der Waals surface area contributed by atoms with Crippen molar-refractivity contribution in [2.45, 2.75) is 104 Å². The lowest BCUT2D eigenvalue weighted by atomic mass is 9.95. The molecule has 282 valence electrons. The van der Waals surface area contributed by atoms with E-state index in [1.165, 1.54) is 0 Å². The maximum Gasteiger partial charge on any atom is 0.270 e. The summed E-state index contributed by atoms with van der Waals surface area (Å²) in [6, 6.07) is 20.1. The second-order valence-electron chi connectivity index (χ2n) is 15.2. The van der Waals surface area contributed by atoms with Crippen LogP contribution < -0.4 is 20.7 Å². The van der Waals surface area contributed by atoms with E-state index in [9.17, 15) is 19.5 Å². The second-order valence-corrected chi connectivity index (χ2v) is 15.2. The van der Waals surface area contributed by atoms with Gasteiger partial charge < -0.3 is 30.7 Å². The van der Waals surface area contributed by atoms with Gasteiger partial charge in [0.15, 0.2) is 0 Å². The number of piperidine rings is 1. The first-order valence-electron chi connectivity index (χ1n) is 18.4. The first kappa shape index (κ1) is 39.3. The van der Waals surface area contributed by atoms with Crippen LogP contribution in [0.4, 0.5) is 0 Å². The molecule has 0 bridgehead atoms. The Bertz CT molecular complexity index is 1860. The van der Waals surface area contributed by atoms with Gasteiger partial charge in [0.1, 0.15) is 23.7 Å². The molecule has 0 spiro atoms. The highest BCUT2D eigenvalue weighted by Crippen LogP contribution is 2.23. The van der Waals surface area contributed by atoms with Crippen molar-refractivity contribution < 1.29 is 24.2 Å². The van der Waals surface area contributed by atoms with Crippen molar-refractivity contribution in [1.82, 2.24) is 35.8 Å². The van der Waals surface area contributed by atoms with Crippen LogP contribution in [0.25, 0.3) is 10.9 Å². The van der Waals surface area contributed by atoms with Crippen molar-refractivity contribution in [2.75, 3.05) is 13.1 Å². The molecule has 12 nitrogen and oxygen atoms in total. The molecule has 0 radical (unpaired) electrons. The third-order valence-corrected chi connectivity index (χ3v) is 9.49. The largest absolute Gasteiger partial charge is 0.474 e. The van der Waals surface area contributed by atoms with Gasteiger partial charge in [0.05, 0.1) is 23.7 Å². The molecular weight excluding hydrogens is 670 g/mol. The average molecular weight is 724 g/mol. The summed E-state index contributed by atoms with van der Waals surface area (Å²) in [7, 11) is 0. The molecule has 4 N–H and O–H groups in total. The lowest BCUT2D eigenvalue weighted by Gasteiger charge is -2.42. The van der Waals surface area contributed by atoms with E-state index in [0.717, 1.165) is 16.6 Å². The van der Waals surface area contributed by atoms with Crippen LogP contribution in [0, 0.1) is 19.8 Å². The fraction of sp³-hybridized carbons (Fsp3) is 0.463. The fourth-order valence-corrected chi connectivity index (χ4v) is 6.66. The fourth-order valence-electron chi connectivity index (χ4n) is 6.66. The highest BCUT2D eigenvalue weighted by Gasteiger charge is 2.38. The molecule has 12 heteroatoms. The molecule has 5 atom stereocenters. The molecule has 53 heavy (non-hydrogen) atoms. The number of fused-ring (bicyclic) bond motifs is 1. The van der Waals surface area contributed by atoms with Crippen molar-refractivity contribution in [3.05, 3.63) is 95.6 Å². The highest BCUT2D eigenvalue weighted by molar-refractivity contribution is 5.98. The van der Waals surface area contributed by atoms with Crippen molar-refractivity contribution in [2.24, 2.45) is 5.92 Å². The molecule has 0 saturated carbocycles. The topological polar surface area (TPSA) is 159 Å². The molecule has 1 aliphatic heterocycles. The number of hydrogen-bond donors (Lipinski definition) is 4. The van der Waals surface area contributed by atoms with Gasteiger partial charge in [-0.05, 0) is 77.6 Å². The summed E-state index contributed by atoms with van der Waals surface area (Å²) in [6.07, 6.45) is 0.0645. The Balaban J connectivity index is 1.32. The lowest BCUT2D eigenvalue weighted by Crippen LogP contribution is -2.61. The van der Waals surface area contributed by atoms with Gasteiger partial charge in [0.25, 0.3) is 5.91 Å². The number of ether oxygens (including phenoxy) is 1. The molecule has 1 aliphatic rings. The minimum atomic E-state index is -1.14. The van der Waals surface area contributed by atoms with E-state index in [4.69, 9.17) is 4.74 Å². The van der Waals surface area contributed by atoms with Crippen molar-refractivity contribution in [3.8, 4) is 5.88 Å². The molecule has 5 rings (SSSR count). The molecule has 2 aromatic carbocycles. The number of nitrogens with one attached hydrogen (secondary N) is 3. The van der Waals surface area contributed by atoms with Gasteiger partial charge in [-0.1, -0.05) is 68.4 Å². The van der Waals surface area contributed by atoms with E-state index in [0.29, 0.717) is 43.0 Å². The van der Waals surface area contributed by atoms with Crippen LogP contribution in [0.5, 0.6) is 5.88 Å². The van der Waals surface area contributed by atoms with Gasteiger partial charge in [0.2, 0.25) is 17.7 Å². The zero-order chi connectivity index (χ0) is 38.3. The number of carbonyl (C=O) groups is 3. The first-order chi connectivity index (χ1) is 25.2.